The normalized spacial score (nSPS) is 10.2. The zero-order valence-electron chi connectivity index (χ0n) is 10.7. The van der Waals surface area contributed by atoms with Crippen molar-refractivity contribution in [1.29, 1.82) is 0 Å². The highest BCUT2D eigenvalue weighted by atomic mass is 16.5. The van der Waals surface area contributed by atoms with Gasteiger partial charge in [0.05, 0.1) is 17.9 Å². The first-order chi connectivity index (χ1) is 9.26. The van der Waals surface area contributed by atoms with Gasteiger partial charge in [0.2, 0.25) is 0 Å². The molecule has 0 fully saturated rings. The van der Waals surface area contributed by atoms with Crippen LogP contribution in [-0.2, 0) is 13.2 Å². The number of aryl methyl sites for hydroxylation is 1. The van der Waals surface area contributed by atoms with Crippen LogP contribution in [-0.4, -0.2) is 16.4 Å². The number of benzene rings is 1. The third-order valence-corrected chi connectivity index (χ3v) is 2.85. The van der Waals surface area contributed by atoms with Crippen molar-refractivity contribution in [3.05, 3.63) is 58.9 Å². The van der Waals surface area contributed by atoms with E-state index in [4.69, 9.17) is 4.74 Å². The van der Waals surface area contributed by atoms with E-state index in [0.29, 0.717) is 35.5 Å². The minimum Gasteiger partial charge on any atom is -0.486 e. The molecule has 0 spiro atoms. The van der Waals surface area contributed by atoms with Crippen molar-refractivity contribution in [3.8, 4) is 5.75 Å². The van der Waals surface area contributed by atoms with Crippen LogP contribution in [0.4, 0.5) is 0 Å². The van der Waals surface area contributed by atoms with Crippen LogP contribution in [0.25, 0.3) is 0 Å². The fraction of sp³-hybridized carbons (Fsp3) is 0.200. The Kier molecular flexibility index (Phi) is 4.26. The first-order valence-corrected chi connectivity index (χ1v) is 5.97. The number of rotatable bonds is 5. The molecule has 0 aliphatic carbocycles. The van der Waals surface area contributed by atoms with Crippen molar-refractivity contribution in [2.45, 2.75) is 20.1 Å². The minimum absolute atomic E-state index is 0.233. The topological polar surface area (TPSA) is 59.4 Å². The lowest BCUT2D eigenvalue weighted by Crippen LogP contribution is -2.05. The summed E-state index contributed by atoms with van der Waals surface area (Å²) in [6.07, 6.45) is 2.19. The van der Waals surface area contributed by atoms with Crippen LogP contribution in [0.1, 0.15) is 27.2 Å². The molecule has 0 bridgehead atoms. The quantitative estimate of drug-likeness (QED) is 0.835. The summed E-state index contributed by atoms with van der Waals surface area (Å²) >= 11 is 0. The smallest absolute Gasteiger partial charge is 0.154 e. The molecule has 0 aliphatic rings. The van der Waals surface area contributed by atoms with Gasteiger partial charge in [0.25, 0.3) is 0 Å². The number of hydrogen-bond acceptors (Lipinski definition) is 4. The van der Waals surface area contributed by atoms with Gasteiger partial charge in [0.1, 0.15) is 6.61 Å². The number of ether oxygens (including phenoxy) is 1. The fourth-order valence-corrected chi connectivity index (χ4v) is 1.81. The Hall–Kier alpha value is -2.20. The molecule has 1 N–H and O–H groups in total. The number of carbonyl (C=O) groups excluding carboxylic acids is 1. The molecule has 2 aromatic rings. The maximum atomic E-state index is 11.2. The molecule has 0 unspecified atom stereocenters. The molecule has 1 aromatic heterocycles. The first kappa shape index (κ1) is 13.2. The largest absolute Gasteiger partial charge is 0.486 e. The molecule has 0 saturated carbocycles. The van der Waals surface area contributed by atoms with Crippen LogP contribution in [0.2, 0.25) is 0 Å². The number of aliphatic hydroxyl groups excluding tert-OH is 1. The van der Waals surface area contributed by atoms with E-state index in [1.54, 1.807) is 6.92 Å². The third-order valence-electron chi connectivity index (χ3n) is 2.85. The summed E-state index contributed by atoms with van der Waals surface area (Å²) in [6, 6.07) is 9.67. The summed E-state index contributed by atoms with van der Waals surface area (Å²) < 4.78 is 5.68. The van der Waals surface area contributed by atoms with Gasteiger partial charge in [-0.1, -0.05) is 30.3 Å². The van der Waals surface area contributed by atoms with E-state index in [2.05, 4.69) is 4.98 Å². The highest BCUT2D eigenvalue weighted by molar-refractivity contribution is 5.82. The second kappa shape index (κ2) is 6.11. The molecule has 98 valence electrons. The van der Waals surface area contributed by atoms with Gasteiger partial charge in [-0.3, -0.25) is 9.78 Å². The van der Waals surface area contributed by atoms with Gasteiger partial charge >= 0.3 is 0 Å². The molecule has 0 aliphatic heterocycles. The monoisotopic (exact) mass is 257 g/mol. The number of nitrogens with zero attached hydrogens (tertiary/aromatic N) is 1. The molecule has 1 aromatic carbocycles. The molecule has 0 atom stereocenters. The molecule has 1 heterocycles. The Bertz CT molecular complexity index is 567. The van der Waals surface area contributed by atoms with Gasteiger partial charge in [-0.2, -0.15) is 0 Å². The Morgan fingerprint density at radius 1 is 1.32 bits per heavy atom. The van der Waals surface area contributed by atoms with Crippen LogP contribution in [0.5, 0.6) is 5.75 Å². The third kappa shape index (κ3) is 2.98. The van der Waals surface area contributed by atoms with Crippen molar-refractivity contribution >= 4 is 6.29 Å². The lowest BCUT2D eigenvalue weighted by atomic mass is 10.1. The molecular formula is C15H15NO3. The van der Waals surface area contributed by atoms with Gasteiger partial charge in [0.15, 0.2) is 12.0 Å². The zero-order valence-corrected chi connectivity index (χ0v) is 10.7. The Morgan fingerprint density at radius 2 is 2.05 bits per heavy atom. The number of pyridine rings is 1. The summed E-state index contributed by atoms with van der Waals surface area (Å²) in [5.41, 5.74) is 2.48. The van der Waals surface area contributed by atoms with E-state index in [9.17, 15) is 9.90 Å². The van der Waals surface area contributed by atoms with E-state index in [1.807, 2.05) is 30.3 Å². The minimum atomic E-state index is -0.233. The standard InChI is InChI=1S/C15H15NO3/c1-11-15(14(9-18)13(8-17)7-16-11)19-10-12-5-3-2-4-6-12/h2-7,9,17H,8,10H2,1H3. The van der Waals surface area contributed by atoms with Gasteiger partial charge in [0, 0.05) is 11.8 Å². The maximum absolute atomic E-state index is 11.2. The second-order valence-electron chi connectivity index (χ2n) is 4.16. The first-order valence-electron chi connectivity index (χ1n) is 5.97. The summed E-state index contributed by atoms with van der Waals surface area (Å²) in [5.74, 6) is 0.436. The van der Waals surface area contributed by atoms with Crippen LogP contribution in [0.15, 0.2) is 36.5 Å². The molecule has 0 saturated heterocycles. The van der Waals surface area contributed by atoms with E-state index in [1.165, 1.54) is 6.20 Å². The zero-order chi connectivity index (χ0) is 13.7. The van der Waals surface area contributed by atoms with Gasteiger partial charge < -0.3 is 9.84 Å². The molecule has 0 amide bonds. The second-order valence-corrected chi connectivity index (χ2v) is 4.16. The molecule has 19 heavy (non-hydrogen) atoms. The molecule has 0 radical (unpaired) electrons. The lowest BCUT2D eigenvalue weighted by molar-refractivity contribution is 0.111. The summed E-state index contributed by atoms with van der Waals surface area (Å²) in [7, 11) is 0. The van der Waals surface area contributed by atoms with Crippen molar-refractivity contribution < 1.29 is 14.6 Å². The van der Waals surface area contributed by atoms with Crippen molar-refractivity contribution in [2.75, 3.05) is 0 Å². The summed E-state index contributed by atoms with van der Waals surface area (Å²) in [5, 5.41) is 9.20. The maximum Gasteiger partial charge on any atom is 0.154 e. The van der Waals surface area contributed by atoms with Gasteiger partial charge in [-0.15, -0.1) is 0 Å². The van der Waals surface area contributed by atoms with Crippen molar-refractivity contribution in [2.24, 2.45) is 0 Å². The van der Waals surface area contributed by atoms with Crippen molar-refractivity contribution in [3.63, 3.8) is 0 Å². The highest BCUT2D eigenvalue weighted by Crippen LogP contribution is 2.24. The van der Waals surface area contributed by atoms with Crippen molar-refractivity contribution in [1.82, 2.24) is 4.98 Å². The average Bonchev–Trinajstić information content (AvgIpc) is 2.46. The highest BCUT2D eigenvalue weighted by Gasteiger charge is 2.13. The molecule has 4 heteroatoms. The number of aliphatic hydroxyl groups is 1. The average molecular weight is 257 g/mol. The molecule has 2 rings (SSSR count). The van der Waals surface area contributed by atoms with E-state index in [-0.39, 0.29) is 6.61 Å². The summed E-state index contributed by atoms with van der Waals surface area (Å²) in [6.45, 7) is 1.90. The van der Waals surface area contributed by atoms with Crippen LogP contribution >= 0.6 is 0 Å². The fourth-order valence-electron chi connectivity index (χ4n) is 1.81. The van der Waals surface area contributed by atoms with E-state index < -0.39 is 0 Å². The van der Waals surface area contributed by atoms with Crippen LogP contribution in [0.3, 0.4) is 0 Å². The Labute approximate surface area is 111 Å². The number of aromatic nitrogens is 1. The molecular weight excluding hydrogens is 242 g/mol. The SMILES string of the molecule is Cc1ncc(CO)c(C=O)c1OCc1ccccc1. The van der Waals surface area contributed by atoms with E-state index >= 15 is 0 Å². The van der Waals surface area contributed by atoms with E-state index in [0.717, 1.165) is 5.56 Å². The Balaban J connectivity index is 2.26. The van der Waals surface area contributed by atoms with Crippen LogP contribution in [0, 0.1) is 6.92 Å². The summed E-state index contributed by atoms with van der Waals surface area (Å²) in [4.78, 5) is 15.3. The van der Waals surface area contributed by atoms with Gasteiger partial charge in [-0.05, 0) is 12.5 Å². The predicted molar refractivity (Wildman–Crippen MR) is 71.1 cm³/mol. The van der Waals surface area contributed by atoms with Gasteiger partial charge in [-0.25, -0.2) is 0 Å². The predicted octanol–water partition coefficient (Wildman–Crippen LogP) is 2.27. The number of carbonyl (C=O) groups is 1. The molecule has 4 nitrogen and oxygen atoms in total. The lowest BCUT2D eigenvalue weighted by Gasteiger charge is -2.13. The number of aldehydes is 1. The number of hydrogen-bond donors (Lipinski definition) is 1. The van der Waals surface area contributed by atoms with Crippen LogP contribution < -0.4 is 4.74 Å². The Morgan fingerprint density at radius 3 is 2.68 bits per heavy atom.